The van der Waals surface area contributed by atoms with E-state index in [0.29, 0.717) is 37.5 Å². The number of guanidine groups is 1. The number of hydrogen-bond acceptors (Lipinski definition) is 4. The molecule has 0 saturated carbocycles. The van der Waals surface area contributed by atoms with Crippen molar-refractivity contribution in [3.8, 4) is 0 Å². The van der Waals surface area contributed by atoms with Crippen molar-refractivity contribution in [2.75, 3.05) is 45.9 Å². The number of nitrogens with two attached hydrogens (primary N) is 1. The number of rotatable bonds is 6. The maximum absolute atomic E-state index is 11.7. The Kier molecular flexibility index (Phi) is 8.48. The zero-order valence-corrected chi connectivity index (χ0v) is 16.7. The quantitative estimate of drug-likeness (QED) is 0.553. The highest BCUT2D eigenvalue weighted by molar-refractivity contribution is 5.78. The van der Waals surface area contributed by atoms with Crippen LogP contribution in [-0.4, -0.2) is 73.8 Å². The molecule has 0 bridgehead atoms. The number of nitrogens with zero attached hydrogens (tertiary/aromatic N) is 3. The van der Waals surface area contributed by atoms with E-state index in [-0.39, 0.29) is 12.1 Å². The first-order chi connectivity index (χ1) is 12.5. The van der Waals surface area contributed by atoms with Gasteiger partial charge in [-0.25, -0.2) is 4.79 Å². The van der Waals surface area contributed by atoms with Gasteiger partial charge in [-0.15, -0.1) is 0 Å². The Morgan fingerprint density at radius 1 is 1.27 bits per heavy atom. The number of carbonyl (C=O) groups is 1. The van der Waals surface area contributed by atoms with Crippen LogP contribution in [0.15, 0.2) is 4.99 Å². The molecule has 0 aromatic rings. The first-order valence-electron chi connectivity index (χ1n) is 10.2. The summed E-state index contributed by atoms with van der Waals surface area (Å²) in [5.74, 6) is 1.86. The minimum atomic E-state index is -0.212. The molecule has 2 aliphatic heterocycles. The van der Waals surface area contributed by atoms with Crippen LogP contribution >= 0.6 is 0 Å². The molecule has 0 aromatic heterocycles. The Hall–Kier alpha value is -1.50. The Bertz CT molecular complexity index is 461. The molecule has 1 atom stereocenters. The van der Waals surface area contributed by atoms with E-state index >= 15 is 0 Å². The highest BCUT2D eigenvalue weighted by Crippen LogP contribution is 2.18. The van der Waals surface area contributed by atoms with Gasteiger partial charge in [-0.2, -0.15) is 0 Å². The topological polar surface area (TPSA) is 83.2 Å². The van der Waals surface area contributed by atoms with Crippen molar-refractivity contribution in [2.45, 2.75) is 52.5 Å². The monoisotopic (exact) mass is 367 g/mol. The number of piperidine rings is 2. The van der Waals surface area contributed by atoms with Crippen molar-refractivity contribution in [3.05, 3.63) is 0 Å². The Labute approximate surface area is 158 Å². The fourth-order valence-electron chi connectivity index (χ4n) is 3.89. The molecule has 2 fully saturated rings. The van der Waals surface area contributed by atoms with E-state index in [1.807, 2.05) is 6.92 Å². The highest BCUT2D eigenvalue weighted by atomic mass is 16.6. The average molecular weight is 368 g/mol. The summed E-state index contributed by atoms with van der Waals surface area (Å²) >= 11 is 0. The van der Waals surface area contributed by atoms with Crippen LogP contribution in [0.4, 0.5) is 4.79 Å². The molecule has 1 unspecified atom stereocenters. The van der Waals surface area contributed by atoms with E-state index in [1.165, 1.54) is 25.9 Å². The van der Waals surface area contributed by atoms with E-state index in [9.17, 15) is 4.79 Å². The smallest absolute Gasteiger partial charge is 0.409 e. The third kappa shape index (κ3) is 7.02. The first kappa shape index (κ1) is 20.8. The van der Waals surface area contributed by atoms with Crippen LogP contribution in [0, 0.1) is 11.8 Å². The summed E-state index contributed by atoms with van der Waals surface area (Å²) in [6.45, 7) is 12.5. The van der Waals surface area contributed by atoms with Crippen LogP contribution in [0.2, 0.25) is 0 Å². The second-order valence-electron chi connectivity index (χ2n) is 7.99. The number of aliphatic imine (C=N–C) groups is 1. The minimum absolute atomic E-state index is 0.212. The summed E-state index contributed by atoms with van der Waals surface area (Å²) in [5, 5.41) is 3.33. The predicted molar refractivity (Wildman–Crippen MR) is 105 cm³/mol. The summed E-state index contributed by atoms with van der Waals surface area (Å²) in [5.41, 5.74) is 6.10. The number of carbonyl (C=O) groups excluding carboxylic acids is 1. The maximum Gasteiger partial charge on any atom is 0.409 e. The van der Waals surface area contributed by atoms with E-state index in [4.69, 9.17) is 10.5 Å². The second kappa shape index (κ2) is 10.6. The molecular formula is C19H37N5O2. The predicted octanol–water partition coefficient (Wildman–Crippen LogP) is 1.88. The van der Waals surface area contributed by atoms with Gasteiger partial charge in [0, 0.05) is 38.8 Å². The maximum atomic E-state index is 11.7. The number of ether oxygens (including phenoxy) is 1. The van der Waals surface area contributed by atoms with Gasteiger partial charge in [-0.1, -0.05) is 13.8 Å². The van der Waals surface area contributed by atoms with Crippen molar-refractivity contribution in [2.24, 2.45) is 22.6 Å². The molecule has 0 radical (unpaired) electrons. The van der Waals surface area contributed by atoms with Gasteiger partial charge in [0.05, 0.1) is 6.61 Å². The lowest BCUT2D eigenvalue weighted by Gasteiger charge is -2.33. The van der Waals surface area contributed by atoms with Gasteiger partial charge in [-0.05, 0) is 51.0 Å². The van der Waals surface area contributed by atoms with Crippen LogP contribution in [0.1, 0.15) is 46.5 Å². The van der Waals surface area contributed by atoms with E-state index < -0.39 is 0 Å². The number of amides is 1. The van der Waals surface area contributed by atoms with Crippen LogP contribution in [-0.2, 0) is 4.74 Å². The Morgan fingerprint density at radius 2 is 2.00 bits per heavy atom. The summed E-state index contributed by atoms with van der Waals surface area (Å²) in [6, 6.07) is 0.285. The molecule has 1 amide bonds. The number of hydrogen-bond donors (Lipinski definition) is 2. The van der Waals surface area contributed by atoms with Crippen LogP contribution < -0.4 is 11.1 Å². The Balaban J connectivity index is 1.69. The van der Waals surface area contributed by atoms with Crippen molar-refractivity contribution < 1.29 is 9.53 Å². The van der Waals surface area contributed by atoms with E-state index in [2.05, 4.69) is 29.1 Å². The zero-order valence-electron chi connectivity index (χ0n) is 16.7. The van der Waals surface area contributed by atoms with Gasteiger partial charge in [0.15, 0.2) is 5.96 Å². The molecule has 7 nitrogen and oxygen atoms in total. The van der Waals surface area contributed by atoms with Gasteiger partial charge in [0.25, 0.3) is 0 Å². The molecule has 2 rings (SSSR count). The molecule has 2 aliphatic rings. The van der Waals surface area contributed by atoms with E-state index in [0.717, 1.165) is 25.9 Å². The van der Waals surface area contributed by atoms with E-state index in [1.54, 1.807) is 4.90 Å². The summed E-state index contributed by atoms with van der Waals surface area (Å²) in [4.78, 5) is 20.6. The molecule has 7 heteroatoms. The molecule has 150 valence electrons. The molecule has 0 spiro atoms. The van der Waals surface area contributed by atoms with Gasteiger partial charge in [0.1, 0.15) is 0 Å². The van der Waals surface area contributed by atoms with Crippen molar-refractivity contribution in [1.82, 2.24) is 15.1 Å². The van der Waals surface area contributed by atoms with Crippen LogP contribution in [0.3, 0.4) is 0 Å². The zero-order chi connectivity index (χ0) is 18.9. The summed E-state index contributed by atoms with van der Waals surface area (Å²) < 4.78 is 5.05. The normalized spacial score (nSPS) is 23.3. The molecule has 0 aliphatic carbocycles. The fraction of sp³-hybridized carbons (Fsp3) is 0.895. The summed E-state index contributed by atoms with van der Waals surface area (Å²) in [7, 11) is 0. The van der Waals surface area contributed by atoms with Crippen molar-refractivity contribution in [1.29, 1.82) is 0 Å². The third-order valence-electron chi connectivity index (χ3n) is 5.12. The largest absolute Gasteiger partial charge is 0.450 e. The third-order valence-corrected chi connectivity index (χ3v) is 5.12. The van der Waals surface area contributed by atoms with Gasteiger partial charge < -0.3 is 25.6 Å². The lowest BCUT2D eigenvalue weighted by molar-refractivity contribution is 0.0963. The lowest BCUT2D eigenvalue weighted by atomic mass is 9.97. The molecular weight excluding hydrogens is 330 g/mol. The molecule has 2 heterocycles. The molecule has 0 aromatic carbocycles. The number of likely N-dealkylation sites (tertiary alicyclic amines) is 2. The average Bonchev–Trinajstić information content (AvgIpc) is 2.60. The minimum Gasteiger partial charge on any atom is -0.450 e. The van der Waals surface area contributed by atoms with Crippen LogP contribution in [0.5, 0.6) is 0 Å². The number of nitrogens with one attached hydrogen (secondary N) is 1. The Morgan fingerprint density at radius 3 is 2.65 bits per heavy atom. The van der Waals surface area contributed by atoms with Crippen LogP contribution in [0.25, 0.3) is 0 Å². The molecule has 26 heavy (non-hydrogen) atoms. The highest BCUT2D eigenvalue weighted by Gasteiger charge is 2.24. The molecule has 2 saturated heterocycles. The SMILES string of the molecule is CCOC(=O)N1CCC(NC(N)=NCC2CCCN(CC(C)C)C2)CC1. The standard InChI is InChI=1S/C19H37N5O2/c1-4-26-19(25)24-10-7-17(8-11-24)22-18(20)21-12-16-6-5-9-23(14-16)13-15(2)3/h15-17H,4-14H2,1-3H3,(H3,20,21,22). The fourth-order valence-corrected chi connectivity index (χ4v) is 3.89. The first-order valence-corrected chi connectivity index (χ1v) is 10.2. The second-order valence-corrected chi connectivity index (χ2v) is 7.99. The van der Waals surface area contributed by atoms with Gasteiger partial charge in [-0.3, -0.25) is 4.99 Å². The molecule has 3 N–H and O–H groups in total. The van der Waals surface area contributed by atoms with Crippen molar-refractivity contribution >= 4 is 12.1 Å². The van der Waals surface area contributed by atoms with Gasteiger partial charge >= 0.3 is 6.09 Å². The summed E-state index contributed by atoms with van der Waals surface area (Å²) in [6.07, 6.45) is 4.03. The van der Waals surface area contributed by atoms with Gasteiger partial charge in [0.2, 0.25) is 0 Å². The van der Waals surface area contributed by atoms with Crippen molar-refractivity contribution in [3.63, 3.8) is 0 Å². The lowest BCUT2D eigenvalue weighted by Crippen LogP contribution is -2.48.